The Balaban J connectivity index is 2.98. The predicted molar refractivity (Wildman–Crippen MR) is 73.1 cm³/mol. The van der Waals surface area contributed by atoms with Gasteiger partial charge < -0.3 is 15.4 Å². The molecular formula is C12H20N6O. The predicted octanol–water partition coefficient (Wildman–Crippen LogP) is 1.80. The van der Waals surface area contributed by atoms with Crippen LogP contribution in [0.4, 0.5) is 11.9 Å². The molecule has 0 unspecified atom stereocenters. The number of nitriles is 1. The molecule has 0 spiro atoms. The van der Waals surface area contributed by atoms with Gasteiger partial charge in [0, 0.05) is 11.6 Å². The molecule has 0 saturated heterocycles. The fourth-order valence-corrected chi connectivity index (χ4v) is 1.23. The molecule has 2 N–H and O–H groups in total. The molecule has 1 aromatic rings. The summed E-state index contributed by atoms with van der Waals surface area (Å²) in [5.74, 6) is 0.836. The molecule has 0 fully saturated rings. The van der Waals surface area contributed by atoms with Gasteiger partial charge in [-0.3, -0.25) is 0 Å². The lowest BCUT2D eigenvalue weighted by Crippen LogP contribution is -2.28. The van der Waals surface area contributed by atoms with E-state index in [-0.39, 0.29) is 24.2 Å². The van der Waals surface area contributed by atoms with Crippen LogP contribution in [0.5, 0.6) is 6.01 Å². The molecule has 0 aliphatic carbocycles. The van der Waals surface area contributed by atoms with Gasteiger partial charge >= 0.3 is 6.01 Å². The van der Waals surface area contributed by atoms with Gasteiger partial charge in [0.2, 0.25) is 11.9 Å². The van der Waals surface area contributed by atoms with Crippen LogP contribution in [-0.2, 0) is 0 Å². The lowest BCUT2D eigenvalue weighted by Gasteiger charge is -2.21. The van der Waals surface area contributed by atoms with E-state index in [4.69, 9.17) is 10.00 Å². The van der Waals surface area contributed by atoms with E-state index in [9.17, 15) is 0 Å². The number of aromatic nitrogens is 3. The van der Waals surface area contributed by atoms with Gasteiger partial charge in [0.25, 0.3) is 0 Å². The fraction of sp³-hybridized carbons (Fsp3) is 0.667. The third-order valence-electron chi connectivity index (χ3n) is 1.79. The third kappa shape index (κ3) is 5.86. The fourth-order valence-electron chi connectivity index (χ4n) is 1.23. The van der Waals surface area contributed by atoms with Crippen molar-refractivity contribution in [2.45, 2.75) is 46.2 Å². The van der Waals surface area contributed by atoms with Gasteiger partial charge in [0.15, 0.2) is 6.61 Å². The van der Waals surface area contributed by atoms with Crippen molar-refractivity contribution in [1.82, 2.24) is 15.0 Å². The van der Waals surface area contributed by atoms with Crippen LogP contribution in [0.15, 0.2) is 0 Å². The summed E-state index contributed by atoms with van der Waals surface area (Å²) in [5, 5.41) is 14.7. The molecule has 0 saturated carbocycles. The van der Waals surface area contributed by atoms with Crippen molar-refractivity contribution >= 4 is 11.9 Å². The number of hydrogen-bond donors (Lipinski definition) is 2. The molecule has 1 rings (SSSR count). The van der Waals surface area contributed by atoms with E-state index in [0.717, 1.165) is 0 Å². The summed E-state index contributed by atoms with van der Waals surface area (Å²) in [7, 11) is 0. The SMILES string of the molecule is CC(C)Nc1nc(NC(C)(C)C)nc(OCC#N)n1. The average molecular weight is 264 g/mol. The Labute approximate surface area is 113 Å². The van der Waals surface area contributed by atoms with Crippen LogP contribution >= 0.6 is 0 Å². The molecule has 0 atom stereocenters. The second kappa shape index (κ2) is 6.18. The summed E-state index contributed by atoms with van der Waals surface area (Å²) in [6.07, 6.45) is 0. The van der Waals surface area contributed by atoms with Crippen molar-refractivity contribution in [3.63, 3.8) is 0 Å². The average Bonchev–Trinajstić information content (AvgIpc) is 2.22. The smallest absolute Gasteiger partial charge is 0.324 e. The second-order valence-corrected chi connectivity index (χ2v) is 5.39. The van der Waals surface area contributed by atoms with Crippen molar-refractivity contribution in [2.24, 2.45) is 0 Å². The number of nitrogens with zero attached hydrogens (tertiary/aromatic N) is 4. The van der Waals surface area contributed by atoms with E-state index >= 15 is 0 Å². The monoisotopic (exact) mass is 264 g/mol. The van der Waals surface area contributed by atoms with E-state index in [2.05, 4.69) is 25.6 Å². The number of rotatable bonds is 5. The summed E-state index contributed by atoms with van der Waals surface area (Å²) in [6.45, 7) is 9.87. The minimum atomic E-state index is -0.178. The number of nitrogens with one attached hydrogen (secondary N) is 2. The van der Waals surface area contributed by atoms with E-state index in [1.54, 1.807) is 0 Å². The van der Waals surface area contributed by atoms with Gasteiger partial charge in [-0.05, 0) is 34.6 Å². The van der Waals surface area contributed by atoms with E-state index in [0.29, 0.717) is 11.9 Å². The van der Waals surface area contributed by atoms with Crippen LogP contribution in [-0.4, -0.2) is 33.1 Å². The normalized spacial score (nSPS) is 11.0. The summed E-state index contributed by atoms with van der Waals surface area (Å²) in [4.78, 5) is 12.5. The maximum absolute atomic E-state index is 8.52. The quantitative estimate of drug-likeness (QED) is 0.837. The summed E-state index contributed by atoms with van der Waals surface area (Å²) < 4.78 is 5.13. The summed E-state index contributed by atoms with van der Waals surface area (Å²) in [5.41, 5.74) is -0.178. The molecule has 104 valence electrons. The maximum atomic E-state index is 8.52. The van der Waals surface area contributed by atoms with Crippen LogP contribution in [0.2, 0.25) is 0 Å². The van der Waals surface area contributed by atoms with Crippen molar-refractivity contribution in [2.75, 3.05) is 17.2 Å². The Kier molecular flexibility index (Phi) is 4.87. The number of anilines is 2. The molecule has 7 heteroatoms. The summed E-state index contributed by atoms with van der Waals surface area (Å²) >= 11 is 0. The molecule has 0 aromatic carbocycles. The highest BCUT2D eigenvalue weighted by Gasteiger charge is 2.14. The highest BCUT2D eigenvalue weighted by Crippen LogP contribution is 2.15. The molecule has 0 bridgehead atoms. The second-order valence-electron chi connectivity index (χ2n) is 5.39. The van der Waals surface area contributed by atoms with Crippen molar-refractivity contribution in [1.29, 1.82) is 5.26 Å². The van der Waals surface area contributed by atoms with Crippen LogP contribution in [0.1, 0.15) is 34.6 Å². The van der Waals surface area contributed by atoms with E-state index < -0.39 is 0 Å². The lowest BCUT2D eigenvalue weighted by molar-refractivity contribution is 0.337. The van der Waals surface area contributed by atoms with Crippen LogP contribution in [0.25, 0.3) is 0 Å². The zero-order chi connectivity index (χ0) is 14.5. The first-order chi connectivity index (χ1) is 8.80. The van der Waals surface area contributed by atoms with Gasteiger partial charge in [0.1, 0.15) is 6.07 Å². The Bertz CT molecular complexity index is 460. The minimum absolute atomic E-state index is 0.0971. The molecule has 0 aliphatic heterocycles. The molecule has 0 aliphatic rings. The Morgan fingerprint density at radius 3 is 2.37 bits per heavy atom. The Morgan fingerprint density at radius 2 is 1.84 bits per heavy atom. The van der Waals surface area contributed by atoms with Crippen LogP contribution in [0, 0.1) is 11.3 Å². The standard InChI is InChI=1S/C12H20N6O/c1-8(2)14-9-15-10(18-12(3,4)5)17-11(16-9)19-7-6-13/h8H,7H2,1-5H3,(H2,14,15,16,17,18). The van der Waals surface area contributed by atoms with Gasteiger partial charge in [-0.15, -0.1) is 0 Å². The zero-order valence-electron chi connectivity index (χ0n) is 12.0. The minimum Gasteiger partial charge on any atom is -0.448 e. The topological polar surface area (TPSA) is 95.8 Å². The van der Waals surface area contributed by atoms with Gasteiger partial charge in [-0.1, -0.05) is 0 Å². The Hall–Kier alpha value is -2.10. The molecule has 0 radical (unpaired) electrons. The first-order valence-electron chi connectivity index (χ1n) is 6.10. The van der Waals surface area contributed by atoms with Crippen molar-refractivity contribution in [3.05, 3.63) is 0 Å². The highest BCUT2D eigenvalue weighted by molar-refractivity contribution is 5.37. The maximum Gasteiger partial charge on any atom is 0.324 e. The van der Waals surface area contributed by atoms with Gasteiger partial charge in [0.05, 0.1) is 0 Å². The first kappa shape index (κ1) is 15.0. The molecule has 19 heavy (non-hydrogen) atoms. The van der Waals surface area contributed by atoms with E-state index in [1.165, 1.54) is 0 Å². The Morgan fingerprint density at radius 1 is 1.21 bits per heavy atom. The largest absolute Gasteiger partial charge is 0.448 e. The number of hydrogen-bond acceptors (Lipinski definition) is 7. The van der Waals surface area contributed by atoms with Gasteiger partial charge in [-0.2, -0.15) is 20.2 Å². The van der Waals surface area contributed by atoms with Gasteiger partial charge in [-0.25, -0.2) is 0 Å². The molecule has 7 nitrogen and oxygen atoms in total. The third-order valence-corrected chi connectivity index (χ3v) is 1.79. The zero-order valence-corrected chi connectivity index (χ0v) is 12.0. The number of ether oxygens (including phenoxy) is 1. The molecular weight excluding hydrogens is 244 g/mol. The molecule has 1 heterocycles. The molecule has 1 aromatic heterocycles. The van der Waals surface area contributed by atoms with Crippen molar-refractivity contribution < 1.29 is 4.74 Å². The van der Waals surface area contributed by atoms with Crippen molar-refractivity contribution in [3.8, 4) is 12.1 Å². The van der Waals surface area contributed by atoms with Crippen LogP contribution in [0.3, 0.4) is 0 Å². The van der Waals surface area contributed by atoms with Crippen LogP contribution < -0.4 is 15.4 Å². The highest BCUT2D eigenvalue weighted by atomic mass is 16.5. The first-order valence-corrected chi connectivity index (χ1v) is 6.10. The van der Waals surface area contributed by atoms with E-state index in [1.807, 2.05) is 40.7 Å². The lowest BCUT2D eigenvalue weighted by atomic mass is 10.1. The summed E-state index contributed by atoms with van der Waals surface area (Å²) in [6, 6.07) is 2.20. The molecule has 0 amide bonds.